The molecule has 3 rings (SSSR count). The van der Waals surface area contributed by atoms with Crippen molar-refractivity contribution >= 4 is 33.0 Å². The van der Waals surface area contributed by atoms with E-state index in [1.165, 1.54) is 0 Å². The second-order valence-electron chi connectivity index (χ2n) is 4.09. The molecule has 3 aromatic rings. The van der Waals surface area contributed by atoms with Crippen LogP contribution in [0.2, 0.25) is 0 Å². The number of nitrogens with two attached hydrogens (primary N) is 1. The lowest BCUT2D eigenvalue weighted by Gasteiger charge is -2.04. The summed E-state index contributed by atoms with van der Waals surface area (Å²) in [5, 5.41) is 6.45. The zero-order valence-corrected chi connectivity index (χ0v) is 12.6. The minimum absolute atomic E-state index is 0.683. The molecule has 4 nitrogen and oxygen atoms in total. The van der Waals surface area contributed by atoms with E-state index in [9.17, 15) is 0 Å². The van der Waals surface area contributed by atoms with Crippen LogP contribution in [-0.2, 0) is 7.05 Å². The van der Waals surface area contributed by atoms with Crippen LogP contribution in [-0.4, -0.2) is 14.8 Å². The molecule has 0 aliphatic rings. The van der Waals surface area contributed by atoms with E-state index in [1.807, 2.05) is 42.8 Å². The second-order valence-corrected chi connectivity index (χ2v) is 5.95. The molecule has 0 radical (unpaired) electrons. The Labute approximate surface area is 123 Å². The number of aromatic nitrogens is 3. The third-order valence-electron chi connectivity index (χ3n) is 2.76. The van der Waals surface area contributed by atoms with E-state index in [1.54, 1.807) is 16.0 Å². The van der Waals surface area contributed by atoms with Gasteiger partial charge in [0.1, 0.15) is 0 Å². The maximum atomic E-state index is 6.04. The Morgan fingerprint density at radius 1 is 1.32 bits per heavy atom. The number of halogens is 1. The summed E-state index contributed by atoms with van der Waals surface area (Å²) >= 11 is 5.03. The van der Waals surface area contributed by atoms with Gasteiger partial charge >= 0.3 is 0 Å². The minimum Gasteiger partial charge on any atom is -0.398 e. The number of nitrogens with zero attached hydrogens (tertiary/aromatic N) is 3. The third kappa shape index (κ3) is 2.29. The quantitative estimate of drug-likeness (QED) is 0.729. The summed E-state index contributed by atoms with van der Waals surface area (Å²) in [6, 6.07) is 9.76. The molecule has 1 aromatic carbocycles. The molecule has 0 amide bonds. The van der Waals surface area contributed by atoms with Crippen molar-refractivity contribution in [1.29, 1.82) is 0 Å². The standard InChI is InChI=1S/C13H11BrN4S/c1-18-13(9-5-4-8(14)7-10(9)15)16-12(17-18)11-3-2-6-19-11/h2-7H,15H2,1H3. The number of thiophene rings is 1. The Bertz CT molecular complexity index is 718. The molecule has 2 N–H and O–H groups in total. The Morgan fingerprint density at radius 3 is 2.84 bits per heavy atom. The van der Waals surface area contributed by atoms with Gasteiger partial charge in [0.25, 0.3) is 0 Å². The fourth-order valence-corrected chi connectivity index (χ4v) is 2.90. The predicted molar refractivity (Wildman–Crippen MR) is 81.9 cm³/mol. The number of rotatable bonds is 2. The summed E-state index contributed by atoms with van der Waals surface area (Å²) in [6.07, 6.45) is 0. The highest BCUT2D eigenvalue weighted by atomic mass is 79.9. The van der Waals surface area contributed by atoms with E-state index in [0.717, 1.165) is 26.6 Å². The van der Waals surface area contributed by atoms with Crippen LogP contribution in [0.15, 0.2) is 40.2 Å². The van der Waals surface area contributed by atoms with Gasteiger partial charge in [-0.15, -0.1) is 16.4 Å². The third-order valence-corrected chi connectivity index (χ3v) is 4.12. The van der Waals surface area contributed by atoms with Crippen LogP contribution in [0.3, 0.4) is 0 Å². The molecule has 0 fully saturated rings. The SMILES string of the molecule is Cn1nc(-c2cccs2)nc1-c1ccc(Br)cc1N. The van der Waals surface area contributed by atoms with Gasteiger partial charge in [-0.2, -0.15) is 0 Å². The number of hydrogen-bond donors (Lipinski definition) is 1. The summed E-state index contributed by atoms with van der Waals surface area (Å²) in [5.74, 6) is 1.50. The van der Waals surface area contributed by atoms with Crippen molar-refractivity contribution in [3.05, 3.63) is 40.2 Å². The van der Waals surface area contributed by atoms with Crippen LogP contribution in [0.25, 0.3) is 22.1 Å². The van der Waals surface area contributed by atoms with Gasteiger partial charge in [-0.3, -0.25) is 0 Å². The molecule has 0 aliphatic heterocycles. The Kier molecular flexibility index (Phi) is 3.12. The van der Waals surface area contributed by atoms with E-state index in [2.05, 4.69) is 26.0 Å². The van der Waals surface area contributed by atoms with Crippen LogP contribution in [0.5, 0.6) is 0 Å². The van der Waals surface area contributed by atoms with E-state index in [0.29, 0.717) is 5.69 Å². The highest BCUT2D eigenvalue weighted by Gasteiger charge is 2.13. The maximum absolute atomic E-state index is 6.04. The van der Waals surface area contributed by atoms with Crippen molar-refractivity contribution in [2.75, 3.05) is 5.73 Å². The van der Waals surface area contributed by atoms with Crippen LogP contribution in [0.4, 0.5) is 5.69 Å². The molecule has 2 heterocycles. The lowest BCUT2D eigenvalue weighted by molar-refractivity contribution is 0.778. The van der Waals surface area contributed by atoms with Crippen LogP contribution < -0.4 is 5.73 Å². The number of aryl methyl sites for hydroxylation is 1. The maximum Gasteiger partial charge on any atom is 0.191 e. The summed E-state index contributed by atoms with van der Waals surface area (Å²) in [5.41, 5.74) is 7.61. The topological polar surface area (TPSA) is 56.7 Å². The fourth-order valence-electron chi connectivity index (χ4n) is 1.87. The molecule has 19 heavy (non-hydrogen) atoms. The van der Waals surface area contributed by atoms with Gasteiger partial charge in [0.05, 0.1) is 4.88 Å². The molecule has 2 aromatic heterocycles. The molecule has 0 unspecified atom stereocenters. The first-order valence-electron chi connectivity index (χ1n) is 5.65. The van der Waals surface area contributed by atoms with Crippen molar-refractivity contribution in [2.24, 2.45) is 7.05 Å². The largest absolute Gasteiger partial charge is 0.398 e. The number of nitrogen functional groups attached to an aromatic ring is 1. The summed E-state index contributed by atoms with van der Waals surface area (Å²) in [7, 11) is 1.88. The first-order valence-corrected chi connectivity index (χ1v) is 7.33. The molecule has 0 atom stereocenters. The van der Waals surface area contributed by atoms with Crippen molar-refractivity contribution in [3.63, 3.8) is 0 Å². The zero-order valence-electron chi connectivity index (χ0n) is 10.2. The van der Waals surface area contributed by atoms with Crippen LogP contribution in [0, 0.1) is 0 Å². The van der Waals surface area contributed by atoms with Gasteiger partial charge in [-0.05, 0) is 29.6 Å². The van der Waals surface area contributed by atoms with Crippen molar-refractivity contribution in [3.8, 4) is 22.1 Å². The predicted octanol–water partition coefficient (Wildman–Crippen LogP) is 3.56. The highest BCUT2D eigenvalue weighted by molar-refractivity contribution is 9.10. The zero-order chi connectivity index (χ0) is 13.4. The average molecular weight is 335 g/mol. The molecule has 0 saturated carbocycles. The molecular formula is C13H11BrN4S. The van der Waals surface area contributed by atoms with Crippen molar-refractivity contribution in [1.82, 2.24) is 14.8 Å². The van der Waals surface area contributed by atoms with Crippen molar-refractivity contribution < 1.29 is 0 Å². The van der Waals surface area contributed by atoms with Gasteiger partial charge in [0.2, 0.25) is 0 Å². The summed E-state index contributed by atoms with van der Waals surface area (Å²) in [4.78, 5) is 5.63. The smallest absolute Gasteiger partial charge is 0.191 e. The first-order chi connectivity index (χ1) is 9.15. The van der Waals surface area contributed by atoms with E-state index in [4.69, 9.17) is 5.73 Å². The molecule has 6 heteroatoms. The van der Waals surface area contributed by atoms with Gasteiger partial charge in [0, 0.05) is 22.8 Å². The Balaban J connectivity index is 2.11. The van der Waals surface area contributed by atoms with E-state index < -0.39 is 0 Å². The molecule has 0 spiro atoms. The molecule has 96 valence electrons. The van der Waals surface area contributed by atoms with Gasteiger partial charge < -0.3 is 5.73 Å². The van der Waals surface area contributed by atoms with E-state index in [-0.39, 0.29) is 0 Å². The van der Waals surface area contributed by atoms with E-state index >= 15 is 0 Å². The van der Waals surface area contributed by atoms with Crippen LogP contribution >= 0.6 is 27.3 Å². The molecule has 0 bridgehead atoms. The molecular weight excluding hydrogens is 324 g/mol. The van der Waals surface area contributed by atoms with Crippen molar-refractivity contribution in [2.45, 2.75) is 0 Å². The Hall–Kier alpha value is -1.66. The monoisotopic (exact) mass is 334 g/mol. The number of hydrogen-bond acceptors (Lipinski definition) is 4. The number of benzene rings is 1. The van der Waals surface area contributed by atoms with Crippen LogP contribution in [0.1, 0.15) is 0 Å². The molecule has 0 saturated heterocycles. The summed E-state index contributed by atoms with van der Waals surface area (Å²) in [6.45, 7) is 0. The normalized spacial score (nSPS) is 10.8. The Morgan fingerprint density at radius 2 is 2.16 bits per heavy atom. The molecule has 0 aliphatic carbocycles. The van der Waals surface area contributed by atoms with Gasteiger partial charge in [-0.1, -0.05) is 22.0 Å². The lowest BCUT2D eigenvalue weighted by Crippen LogP contribution is -1.98. The fraction of sp³-hybridized carbons (Fsp3) is 0.0769. The summed E-state index contributed by atoms with van der Waals surface area (Å²) < 4.78 is 2.71. The first kappa shape index (κ1) is 12.4. The number of anilines is 1. The highest BCUT2D eigenvalue weighted by Crippen LogP contribution is 2.29. The average Bonchev–Trinajstić information content (AvgIpc) is 2.98. The van der Waals surface area contributed by atoms with Gasteiger partial charge in [-0.25, -0.2) is 9.67 Å². The second kappa shape index (κ2) is 4.79. The lowest BCUT2D eigenvalue weighted by atomic mass is 10.2. The minimum atomic E-state index is 0.683. The van der Waals surface area contributed by atoms with Gasteiger partial charge in [0.15, 0.2) is 11.6 Å².